The molecule has 12 heteroatoms. The highest BCUT2D eigenvalue weighted by atomic mass is 19.4. The summed E-state index contributed by atoms with van der Waals surface area (Å²) in [7, 11) is 0. The molecule has 1 aromatic rings. The molecule has 0 radical (unpaired) electrons. The first-order valence-electron chi connectivity index (χ1n) is 7.42. The largest absolute Gasteiger partial charge is 0.484 e. The number of carbonyl (C=O) groups is 1. The zero-order chi connectivity index (χ0) is 20.7. The summed E-state index contributed by atoms with van der Waals surface area (Å²) in [5.41, 5.74) is 1.84. The molecule has 0 unspecified atom stereocenters. The predicted molar refractivity (Wildman–Crippen MR) is 81.9 cm³/mol. The summed E-state index contributed by atoms with van der Waals surface area (Å²) in [6.45, 7) is -0.314. The molecule has 1 aromatic carbocycles. The number of amides is 1. The second kappa shape index (κ2) is 9.33. The van der Waals surface area contributed by atoms with Gasteiger partial charge in [0.2, 0.25) is 0 Å². The van der Waals surface area contributed by atoms with Gasteiger partial charge in [-0.25, -0.2) is 10.2 Å². The number of hydrogen-bond donors (Lipinski definition) is 1. The molecule has 1 N–H and O–H groups in total. The van der Waals surface area contributed by atoms with Crippen LogP contribution in [0.2, 0.25) is 0 Å². The Balaban J connectivity index is 3.08. The van der Waals surface area contributed by atoms with Gasteiger partial charge in [0.05, 0.1) is 12.3 Å². The van der Waals surface area contributed by atoms with Crippen LogP contribution in [0.3, 0.4) is 0 Å². The summed E-state index contributed by atoms with van der Waals surface area (Å²) in [6, 6.07) is 3.05. The molecule has 0 bridgehead atoms. The predicted octanol–water partition coefficient (Wildman–Crippen LogP) is 4.04. The van der Waals surface area contributed by atoms with Gasteiger partial charge in [0, 0.05) is 5.56 Å². The number of alkyl halides is 6. The molecule has 0 fully saturated rings. The maximum Gasteiger partial charge on any atom is 0.427 e. The molecule has 0 aliphatic rings. The summed E-state index contributed by atoms with van der Waals surface area (Å²) < 4.78 is 87.6. The summed E-state index contributed by atoms with van der Waals surface area (Å²) >= 11 is 0. The molecule has 0 saturated heterocycles. The lowest BCUT2D eigenvalue weighted by molar-refractivity contribution is -0.154. The smallest absolute Gasteiger partial charge is 0.427 e. The Morgan fingerprint density at radius 3 is 2.22 bits per heavy atom. The fourth-order valence-electron chi connectivity index (χ4n) is 1.69. The Hall–Kier alpha value is -2.66. The van der Waals surface area contributed by atoms with Gasteiger partial charge in [-0.1, -0.05) is 0 Å². The molecule has 0 atom stereocenters. The Kier molecular flexibility index (Phi) is 7.73. The van der Waals surface area contributed by atoms with Gasteiger partial charge < -0.3 is 14.2 Å². The fourth-order valence-corrected chi connectivity index (χ4v) is 1.69. The average molecular weight is 402 g/mol. The Morgan fingerprint density at radius 2 is 1.67 bits per heavy atom. The maximum absolute atomic E-state index is 12.4. The van der Waals surface area contributed by atoms with Crippen molar-refractivity contribution in [1.82, 2.24) is 5.43 Å². The average Bonchev–Trinajstić information content (AvgIpc) is 2.55. The maximum atomic E-state index is 12.4. The van der Waals surface area contributed by atoms with Crippen molar-refractivity contribution in [3.63, 3.8) is 0 Å². The number of hydrazone groups is 1. The van der Waals surface area contributed by atoms with E-state index in [1.54, 1.807) is 6.92 Å². The molecule has 0 spiro atoms. The summed E-state index contributed by atoms with van der Waals surface area (Å²) in [4.78, 5) is 11.2. The van der Waals surface area contributed by atoms with Crippen molar-refractivity contribution in [3.8, 4) is 11.5 Å². The fraction of sp³-hybridized carbons (Fsp3) is 0.467. The van der Waals surface area contributed by atoms with Crippen LogP contribution in [0.1, 0.15) is 19.4 Å². The van der Waals surface area contributed by atoms with Gasteiger partial charge in [-0.15, -0.1) is 0 Å². The second-order valence-corrected chi connectivity index (χ2v) is 5.00. The van der Waals surface area contributed by atoms with Crippen LogP contribution in [-0.2, 0) is 4.74 Å². The molecule has 6 nitrogen and oxygen atoms in total. The van der Waals surface area contributed by atoms with Crippen molar-refractivity contribution < 1.29 is 45.3 Å². The van der Waals surface area contributed by atoms with Gasteiger partial charge in [-0.3, -0.25) is 0 Å². The Labute approximate surface area is 150 Å². The third-order valence-corrected chi connectivity index (χ3v) is 2.72. The quantitative estimate of drug-likeness (QED) is 0.425. The molecule has 0 aliphatic heterocycles. The lowest BCUT2D eigenvalue weighted by Gasteiger charge is -2.15. The first kappa shape index (κ1) is 22.4. The van der Waals surface area contributed by atoms with Crippen LogP contribution in [0.25, 0.3) is 0 Å². The molecule has 0 saturated carbocycles. The molecule has 152 valence electrons. The van der Waals surface area contributed by atoms with Crippen LogP contribution in [0, 0.1) is 0 Å². The van der Waals surface area contributed by atoms with E-state index in [2.05, 4.69) is 19.3 Å². The van der Waals surface area contributed by atoms with E-state index in [-0.39, 0.29) is 29.4 Å². The minimum absolute atomic E-state index is 0.0438. The zero-order valence-corrected chi connectivity index (χ0v) is 14.2. The summed E-state index contributed by atoms with van der Waals surface area (Å²) in [5.74, 6) is -0.578. The molecule has 1 amide bonds. The minimum Gasteiger partial charge on any atom is -0.484 e. The molecule has 0 aliphatic carbocycles. The number of rotatable bonds is 7. The summed E-state index contributed by atoms with van der Waals surface area (Å²) in [5, 5.41) is 3.62. The van der Waals surface area contributed by atoms with Crippen LogP contribution >= 0.6 is 0 Å². The van der Waals surface area contributed by atoms with E-state index in [1.807, 2.05) is 5.43 Å². The third-order valence-electron chi connectivity index (χ3n) is 2.72. The monoisotopic (exact) mass is 402 g/mol. The highest BCUT2D eigenvalue weighted by molar-refractivity contribution is 6.01. The van der Waals surface area contributed by atoms with Crippen LogP contribution in [0.4, 0.5) is 31.1 Å². The molecule has 0 aromatic heterocycles. The minimum atomic E-state index is -4.63. The highest BCUT2D eigenvalue weighted by Gasteiger charge is 2.30. The van der Waals surface area contributed by atoms with Gasteiger partial charge in [0.1, 0.15) is 11.5 Å². The lowest BCUT2D eigenvalue weighted by atomic mass is 10.1. The molecule has 0 heterocycles. The van der Waals surface area contributed by atoms with Gasteiger partial charge >= 0.3 is 18.4 Å². The van der Waals surface area contributed by atoms with Crippen molar-refractivity contribution in [2.24, 2.45) is 5.10 Å². The van der Waals surface area contributed by atoms with Crippen LogP contribution < -0.4 is 14.9 Å². The van der Waals surface area contributed by atoms with Crippen LogP contribution in [0.15, 0.2) is 23.3 Å². The number of ether oxygens (including phenoxy) is 3. The molecular weight excluding hydrogens is 386 g/mol. The number of benzene rings is 1. The number of nitrogens with one attached hydrogen (secondary N) is 1. The van der Waals surface area contributed by atoms with E-state index < -0.39 is 31.7 Å². The van der Waals surface area contributed by atoms with Crippen molar-refractivity contribution in [3.05, 3.63) is 23.8 Å². The van der Waals surface area contributed by atoms with E-state index in [4.69, 9.17) is 0 Å². The first-order valence-corrected chi connectivity index (χ1v) is 7.42. The van der Waals surface area contributed by atoms with Crippen molar-refractivity contribution in [1.29, 1.82) is 0 Å². The molecular formula is C15H16F6N2O4. The van der Waals surface area contributed by atoms with Gasteiger partial charge in [0.25, 0.3) is 0 Å². The van der Waals surface area contributed by atoms with E-state index >= 15 is 0 Å². The Bertz CT molecular complexity index is 673. The normalized spacial score (nSPS) is 12.5. The first-order chi connectivity index (χ1) is 12.4. The lowest BCUT2D eigenvalue weighted by Crippen LogP contribution is -2.22. The molecule has 1 rings (SSSR count). The highest BCUT2D eigenvalue weighted by Crippen LogP contribution is 2.28. The number of halogens is 6. The number of carbonyl (C=O) groups excluding carboxylic acids is 1. The Morgan fingerprint density at radius 1 is 1.07 bits per heavy atom. The second-order valence-electron chi connectivity index (χ2n) is 5.00. The summed E-state index contributed by atoms with van der Waals surface area (Å²) in [6.07, 6.45) is -10.1. The van der Waals surface area contributed by atoms with E-state index in [1.165, 1.54) is 6.92 Å². The SMILES string of the molecule is CCOC(=O)NN=C(C)c1cc(OCC(F)(F)F)ccc1OCC(F)(F)F. The van der Waals surface area contributed by atoms with Crippen molar-refractivity contribution >= 4 is 11.8 Å². The molecule has 27 heavy (non-hydrogen) atoms. The van der Waals surface area contributed by atoms with Crippen molar-refractivity contribution in [2.75, 3.05) is 19.8 Å². The van der Waals surface area contributed by atoms with Crippen LogP contribution in [-0.4, -0.2) is 44.0 Å². The zero-order valence-electron chi connectivity index (χ0n) is 14.2. The van der Waals surface area contributed by atoms with E-state index in [9.17, 15) is 31.1 Å². The van der Waals surface area contributed by atoms with Gasteiger partial charge in [-0.05, 0) is 32.0 Å². The van der Waals surface area contributed by atoms with Crippen molar-refractivity contribution in [2.45, 2.75) is 26.2 Å². The van der Waals surface area contributed by atoms with E-state index in [0.717, 1.165) is 18.2 Å². The van der Waals surface area contributed by atoms with Gasteiger partial charge in [0.15, 0.2) is 13.2 Å². The van der Waals surface area contributed by atoms with Crippen LogP contribution in [0.5, 0.6) is 11.5 Å². The topological polar surface area (TPSA) is 69.2 Å². The number of nitrogens with zero attached hydrogens (tertiary/aromatic N) is 1. The standard InChI is InChI=1S/C15H16F6N2O4/c1-3-25-13(24)23-22-9(2)11-6-10(26-7-14(16,17)18)4-5-12(11)27-8-15(19,20)21/h4-6H,3,7-8H2,1-2H3,(H,23,24). The number of hydrogen-bond acceptors (Lipinski definition) is 5. The van der Waals surface area contributed by atoms with Gasteiger partial charge in [-0.2, -0.15) is 31.4 Å². The third kappa shape index (κ3) is 9.01. The van der Waals surface area contributed by atoms with E-state index in [0.29, 0.717) is 0 Å².